The predicted molar refractivity (Wildman–Crippen MR) is 79.4 cm³/mol. The summed E-state index contributed by atoms with van der Waals surface area (Å²) in [5.41, 5.74) is 1.52. The maximum atomic E-state index is 12.9. The molecule has 1 aliphatic rings. The smallest absolute Gasteiger partial charge is 0.292 e. The van der Waals surface area contributed by atoms with Gasteiger partial charge in [-0.05, 0) is 24.3 Å². The van der Waals surface area contributed by atoms with Crippen LogP contribution in [0, 0.1) is 5.82 Å². The number of halogens is 1. The van der Waals surface area contributed by atoms with Gasteiger partial charge in [-0.1, -0.05) is 30.3 Å². The Morgan fingerprint density at radius 1 is 1.05 bits per heavy atom. The highest BCUT2D eigenvalue weighted by atomic mass is 19.1. The Balaban J connectivity index is 1.68. The van der Waals surface area contributed by atoms with E-state index in [1.54, 1.807) is 36.4 Å². The number of rotatable bonds is 4. The Labute approximate surface area is 127 Å². The van der Waals surface area contributed by atoms with Crippen molar-refractivity contribution < 1.29 is 19.3 Å². The second-order valence-electron chi connectivity index (χ2n) is 5.28. The third kappa shape index (κ3) is 2.89. The molecular formula is C17H16FN2O2+. The van der Waals surface area contributed by atoms with E-state index in [4.69, 9.17) is 0 Å². The molecule has 3 rings (SSSR count). The largest absolute Gasteiger partial charge is 0.332 e. The summed E-state index contributed by atoms with van der Waals surface area (Å²) in [6.45, 7) is 0.534. The van der Waals surface area contributed by atoms with Gasteiger partial charge in [0.1, 0.15) is 12.4 Å². The molecule has 2 amide bonds. The van der Waals surface area contributed by atoms with E-state index in [1.807, 2.05) is 11.4 Å². The zero-order valence-electron chi connectivity index (χ0n) is 11.9. The molecule has 4 nitrogen and oxygen atoms in total. The lowest BCUT2D eigenvalue weighted by Gasteiger charge is -2.13. The topological polar surface area (TPSA) is 54.0 Å². The quantitative estimate of drug-likeness (QED) is 0.863. The number of benzene rings is 2. The molecule has 5 heteroatoms. The lowest BCUT2D eigenvalue weighted by Crippen LogP contribution is -2.90. The van der Waals surface area contributed by atoms with Crippen LogP contribution in [-0.2, 0) is 16.1 Å². The van der Waals surface area contributed by atoms with Gasteiger partial charge >= 0.3 is 0 Å². The summed E-state index contributed by atoms with van der Waals surface area (Å²) in [5.74, 6) is -0.666. The van der Waals surface area contributed by atoms with Gasteiger partial charge in [0, 0.05) is 5.56 Å². The van der Waals surface area contributed by atoms with E-state index in [0.717, 1.165) is 5.56 Å². The highest BCUT2D eigenvalue weighted by Crippen LogP contribution is 2.20. The number of quaternary nitrogens is 1. The van der Waals surface area contributed by atoms with Gasteiger partial charge in [-0.15, -0.1) is 0 Å². The van der Waals surface area contributed by atoms with E-state index in [2.05, 4.69) is 0 Å². The molecule has 0 spiro atoms. The van der Waals surface area contributed by atoms with Crippen LogP contribution in [0.25, 0.3) is 0 Å². The fourth-order valence-electron chi connectivity index (χ4n) is 2.59. The average molecular weight is 299 g/mol. The van der Waals surface area contributed by atoms with Crippen LogP contribution in [0.4, 0.5) is 10.1 Å². The first-order chi connectivity index (χ1) is 10.6. The second kappa shape index (κ2) is 6.07. The summed E-state index contributed by atoms with van der Waals surface area (Å²) in [7, 11) is 0. The molecule has 1 fully saturated rings. The Morgan fingerprint density at radius 3 is 2.41 bits per heavy atom. The molecule has 2 aromatic rings. The lowest BCUT2D eigenvalue weighted by molar-refractivity contribution is -0.690. The van der Waals surface area contributed by atoms with E-state index in [0.29, 0.717) is 12.2 Å². The van der Waals surface area contributed by atoms with Crippen molar-refractivity contribution in [2.24, 2.45) is 0 Å². The van der Waals surface area contributed by atoms with Crippen molar-refractivity contribution in [2.45, 2.75) is 19.0 Å². The first-order valence-corrected chi connectivity index (χ1v) is 7.15. The fourth-order valence-corrected chi connectivity index (χ4v) is 2.59. The third-order valence-electron chi connectivity index (χ3n) is 3.75. The molecule has 112 valence electrons. The summed E-state index contributed by atoms with van der Waals surface area (Å²) in [4.78, 5) is 25.7. The molecule has 0 saturated carbocycles. The highest BCUT2D eigenvalue weighted by molar-refractivity contribution is 6.21. The second-order valence-corrected chi connectivity index (χ2v) is 5.28. The molecule has 0 aliphatic carbocycles. The van der Waals surface area contributed by atoms with Crippen molar-refractivity contribution in [3.05, 3.63) is 66.0 Å². The predicted octanol–water partition coefficient (Wildman–Crippen LogP) is 1.22. The Morgan fingerprint density at radius 2 is 1.73 bits per heavy atom. The van der Waals surface area contributed by atoms with Gasteiger partial charge in [0.05, 0.1) is 12.1 Å². The van der Waals surface area contributed by atoms with Crippen LogP contribution in [0.5, 0.6) is 0 Å². The number of carbonyl (C=O) groups is 2. The van der Waals surface area contributed by atoms with Crippen LogP contribution in [-0.4, -0.2) is 17.9 Å². The van der Waals surface area contributed by atoms with Crippen molar-refractivity contribution in [3.63, 3.8) is 0 Å². The summed E-state index contributed by atoms with van der Waals surface area (Å²) in [6.07, 6.45) is 0.189. The summed E-state index contributed by atoms with van der Waals surface area (Å²) in [5, 5.41) is 1.83. The number of carbonyl (C=O) groups excluding carboxylic acids is 2. The monoisotopic (exact) mass is 299 g/mol. The van der Waals surface area contributed by atoms with Crippen LogP contribution in [0.15, 0.2) is 54.6 Å². The minimum Gasteiger partial charge on any atom is -0.332 e. The standard InChI is InChI=1S/C17H15FN2O2/c18-13-8-6-12(7-9-13)11-19-15-10-16(21)20(17(15)22)14-4-2-1-3-5-14/h1-9,15,19H,10-11H2/p+1. The Kier molecular flexibility index (Phi) is 3.98. The zero-order valence-corrected chi connectivity index (χ0v) is 11.9. The number of amides is 2. The maximum Gasteiger partial charge on any atom is 0.292 e. The van der Waals surface area contributed by atoms with E-state index in [-0.39, 0.29) is 24.1 Å². The van der Waals surface area contributed by atoms with Crippen LogP contribution in [0.2, 0.25) is 0 Å². The normalized spacial score (nSPS) is 18.0. The number of para-hydroxylation sites is 1. The highest BCUT2D eigenvalue weighted by Gasteiger charge is 2.41. The first kappa shape index (κ1) is 14.4. The fraction of sp³-hybridized carbons (Fsp3) is 0.176. The molecule has 2 aromatic carbocycles. The number of hydrogen-bond acceptors (Lipinski definition) is 2. The average Bonchev–Trinajstić information content (AvgIpc) is 2.82. The third-order valence-corrected chi connectivity index (χ3v) is 3.75. The molecule has 1 unspecified atom stereocenters. The van der Waals surface area contributed by atoms with E-state index >= 15 is 0 Å². The van der Waals surface area contributed by atoms with Gasteiger partial charge in [0.2, 0.25) is 5.91 Å². The Bertz CT molecular complexity index is 686. The molecule has 1 aliphatic heterocycles. The van der Waals surface area contributed by atoms with Gasteiger partial charge in [0.25, 0.3) is 5.91 Å². The van der Waals surface area contributed by atoms with Crippen molar-refractivity contribution in [2.75, 3.05) is 4.90 Å². The van der Waals surface area contributed by atoms with E-state index in [1.165, 1.54) is 17.0 Å². The van der Waals surface area contributed by atoms with E-state index in [9.17, 15) is 14.0 Å². The van der Waals surface area contributed by atoms with Gasteiger partial charge < -0.3 is 5.32 Å². The first-order valence-electron chi connectivity index (χ1n) is 7.15. The summed E-state index contributed by atoms with van der Waals surface area (Å²) in [6, 6.07) is 14.7. The lowest BCUT2D eigenvalue weighted by atomic mass is 10.2. The van der Waals surface area contributed by atoms with Crippen molar-refractivity contribution in [1.29, 1.82) is 0 Å². The minimum absolute atomic E-state index is 0.184. The van der Waals surface area contributed by atoms with Crippen molar-refractivity contribution in [1.82, 2.24) is 0 Å². The number of imide groups is 1. The SMILES string of the molecule is O=C1CC([NH2+]Cc2ccc(F)cc2)C(=O)N1c1ccccc1. The molecule has 1 heterocycles. The minimum atomic E-state index is -0.419. The molecule has 0 aromatic heterocycles. The summed E-state index contributed by atoms with van der Waals surface area (Å²) < 4.78 is 12.9. The van der Waals surface area contributed by atoms with Gasteiger partial charge in [0.15, 0.2) is 6.04 Å². The van der Waals surface area contributed by atoms with Crippen LogP contribution >= 0.6 is 0 Å². The zero-order chi connectivity index (χ0) is 15.5. The van der Waals surface area contributed by atoms with Gasteiger partial charge in [-0.2, -0.15) is 0 Å². The van der Waals surface area contributed by atoms with Crippen LogP contribution < -0.4 is 10.2 Å². The molecular weight excluding hydrogens is 283 g/mol. The van der Waals surface area contributed by atoms with E-state index < -0.39 is 6.04 Å². The Hall–Kier alpha value is -2.53. The molecule has 2 N–H and O–H groups in total. The number of hydrogen-bond donors (Lipinski definition) is 1. The maximum absolute atomic E-state index is 12.9. The van der Waals surface area contributed by atoms with Gasteiger partial charge in [-0.25, -0.2) is 9.29 Å². The van der Waals surface area contributed by atoms with Crippen molar-refractivity contribution in [3.8, 4) is 0 Å². The van der Waals surface area contributed by atoms with Gasteiger partial charge in [-0.3, -0.25) is 9.59 Å². The molecule has 0 bridgehead atoms. The van der Waals surface area contributed by atoms with Crippen LogP contribution in [0.1, 0.15) is 12.0 Å². The molecule has 22 heavy (non-hydrogen) atoms. The summed E-state index contributed by atoms with van der Waals surface area (Å²) >= 11 is 0. The van der Waals surface area contributed by atoms with Crippen molar-refractivity contribution >= 4 is 17.5 Å². The molecule has 0 radical (unpaired) electrons. The van der Waals surface area contributed by atoms with Crippen LogP contribution in [0.3, 0.4) is 0 Å². The number of nitrogens with zero attached hydrogens (tertiary/aromatic N) is 1. The number of anilines is 1. The molecule has 1 saturated heterocycles. The number of nitrogens with two attached hydrogens (primary N) is 1. The molecule has 1 atom stereocenters.